The van der Waals surface area contributed by atoms with Crippen LogP contribution in [0.3, 0.4) is 0 Å². The molecule has 0 radical (unpaired) electrons. The molecule has 3 rings (SSSR count). The summed E-state index contributed by atoms with van der Waals surface area (Å²) in [6.07, 6.45) is -3.30. The standard InChI is InChI=1S/C18H15ClF3N3O3S/c1-3-29(26,27)15-8-9-16(19)24-17(15)25-11(2)14(10-23-25)12-4-6-13(7-5-12)28-18(20,21)22/h4-10H,3H2,1-2H3. The van der Waals surface area contributed by atoms with E-state index in [4.69, 9.17) is 11.6 Å². The van der Waals surface area contributed by atoms with E-state index < -0.39 is 16.2 Å². The van der Waals surface area contributed by atoms with Gasteiger partial charge in [0.25, 0.3) is 0 Å². The summed E-state index contributed by atoms with van der Waals surface area (Å²) in [5.41, 5.74) is 1.70. The van der Waals surface area contributed by atoms with Crippen LogP contribution in [-0.4, -0.2) is 35.3 Å². The molecule has 154 valence electrons. The van der Waals surface area contributed by atoms with Gasteiger partial charge < -0.3 is 4.74 Å². The molecule has 2 heterocycles. The number of halogens is 4. The minimum atomic E-state index is -4.78. The quantitative estimate of drug-likeness (QED) is 0.537. The first-order valence-electron chi connectivity index (χ1n) is 8.32. The van der Waals surface area contributed by atoms with Crippen LogP contribution < -0.4 is 4.74 Å². The molecule has 3 aromatic rings. The minimum absolute atomic E-state index is 0.0175. The third-order valence-corrected chi connectivity index (χ3v) is 6.09. The molecule has 6 nitrogen and oxygen atoms in total. The lowest BCUT2D eigenvalue weighted by Crippen LogP contribution is -2.16. The third-order valence-electron chi connectivity index (χ3n) is 4.13. The second kappa shape index (κ2) is 7.68. The van der Waals surface area contributed by atoms with E-state index in [0.29, 0.717) is 16.8 Å². The second-order valence-electron chi connectivity index (χ2n) is 5.99. The molecule has 0 saturated heterocycles. The number of hydrogen-bond donors (Lipinski definition) is 0. The number of rotatable bonds is 5. The molecule has 0 N–H and O–H groups in total. The zero-order valence-corrected chi connectivity index (χ0v) is 16.8. The zero-order chi connectivity index (χ0) is 21.4. The first kappa shape index (κ1) is 21.1. The molecule has 0 atom stereocenters. The van der Waals surface area contributed by atoms with Crippen LogP contribution in [0, 0.1) is 6.92 Å². The Hall–Kier alpha value is -2.59. The summed E-state index contributed by atoms with van der Waals surface area (Å²) in [4.78, 5) is 4.10. The van der Waals surface area contributed by atoms with E-state index in [2.05, 4.69) is 14.8 Å². The molecule has 11 heteroatoms. The van der Waals surface area contributed by atoms with Gasteiger partial charge in [-0.15, -0.1) is 13.2 Å². The van der Waals surface area contributed by atoms with Crippen LogP contribution in [0.5, 0.6) is 5.75 Å². The summed E-state index contributed by atoms with van der Waals surface area (Å²) in [6, 6.07) is 8.02. The van der Waals surface area contributed by atoms with Gasteiger partial charge in [-0.1, -0.05) is 30.7 Å². The van der Waals surface area contributed by atoms with Gasteiger partial charge in [0.15, 0.2) is 15.7 Å². The molecule has 2 aromatic heterocycles. The number of hydrogen-bond acceptors (Lipinski definition) is 5. The summed E-state index contributed by atoms with van der Waals surface area (Å²) in [6.45, 7) is 3.20. The van der Waals surface area contributed by atoms with Gasteiger partial charge in [0, 0.05) is 5.56 Å². The van der Waals surface area contributed by atoms with Crippen molar-refractivity contribution in [3.63, 3.8) is 0 Å². The Bertz CT molecular complexity index is 1140. The highest BCUT2D eigenvalue weighted by Crippen LogP contribution is 2.30. The van der Waals surface area contributed by atoms with Crippen molar-refractivity contribution in [2.45, 2.75) is 25.1 Å². The minimum Gasteiger partial charge on any atom is -0.406 e. The van der Waals surface area contributed by atoms with Crippen LogP contribution in [-0.2, 0) is 9.84 Å². The smallest absolute Gasteiger partial charge is 0.406 e. The molecule has 0 saturated carbocycles. The molecule has 0 aliphatic heterocycles. The number of alkyl halides is 3. The number of ether oxygens (including phenoxy) is 1. The van der Waals surface area contributed by atoms with Gasteiger partial charge in [-0.3, -0.25) is 0 Å². The summed E-state index contributed by atoms with van der Waals surface area (Å²) in [5, 5.41) is 4.31. The normalized spacial score (nSPS) is 12.2. The summed E-state index contributed by atoms with van der Waals surface area (Å²) >= 11 is 5.95. The molecule has 0 aliphatic carbocycles. The highest BCUT2D eigenvalue weighted by atomic mass is 35.5. The Morgan fingerprint density at radius 2 is 1.79 bits per heavy atom. The van der Waals surface area contributed by atoms with Gasteiger partial charge in [0.05, 0.1) is 17.6 Å². The number of sulfone groups is 1. The molecule has 0 amide bonds. The van der Waals surface area contributed by atoms with Crippen LogP contribution in [0.15, 0.2) is 47.5 Å². The molecule has 0 spiro atoms. The average Bonchev–Trinajstić information content (AvgIpc) is 3.02. The maximum atomic E-state index is 12.4. The van der Waals surface area contributed by atoms with Gasteiger partial charge in [-0.2, -0.15) is 5.10 Å². The summed E-state index contributed by atoms with van der Waals surface area (Å²) in [5.74, 6) is -0.420. The molecule has 0 fully saturated rings. The lowest BCUT2D eigenvalue weighted by Gasteiger charge is -2.11. The van der Waals surface area contributed by atoms with E-state index in [-0.39, 0.29) is 27.4 Å². The second-order valence-corrected chi connectivity index (χ2v) is 8.62. The van der Waals surface area contributed by atoms with Crippen LogP contribution in [0.25, 0.3) is 16.9 Å². The zero-order valence-electron chi connectivity index (χ0n) is 15.2. The Balaban J connectivity index is 2.04. The fourth-order valence-electron chi connectivity index (χ4n) is 2.71. The van der Waals surface area contributed by atoms with Crippen LogP contribution in [0.2, 0.25) is 5.15 Å². The molecule has 0 bridgehead atoms. The van der Waals surface area contributed by atoms with Crippen molar-refractivity contribution in [3.8, 4) is 22.7 Å². The number of nitrogens with zero attached hydrogens (tertiary/aromatic N) is 3. The number of benzene rings is 1. The summed E-state index contributed by atoms with van der Waals surface area (Å²) < 4.78 is 67.0. The van der Waals surface area contributed by atoms with Crippen molar-refractivity contribution in [3.05, 3.63) is 53.4 Å². The monoisotopic (exact) mass is 445 g/mol. The van der Waals surface area contributed by atoms with Crippen molar-refractivity contribution in [2.24, 2.45) is 0 Å². The third kappa shape index (κ3) is 4.54. The van der Waals surface area contributed by atoms with Gasteiger partial charge in [-0.25, -0.2) is 18.1 Å². The topological polar surface area (TPSA) is 74.1 Å². The van der Waals surface area contributed by atoms with E-state index in [9.17, 15) is 21.6 Å². The van der Waals surface area contributed by atoms with Gasteiger partial charge >= 0.3 is 6.36 Å². The highest BCUT2D eigenvalue weighted by molar-refractivity contribution is 7.91. The average molecular weight is 446 g/mol. The van der Waals surface area contributed by atoms with E-state index in [1.807, 2.05) is 0 Å². The maximum Gasteiger partial charge on any atom is 0.573 e. The Kier molecular flexibility index (Phi) is 5.59. The molecule has 0 unspecified atom stereocenters. The first-order valence-corrected chi connectivity index (χ1v) is 10.4. The van der Waals surface area contributed by atoms with Gasteiger partial charge in [0.1, 0.15) is 15.8 Å². The molecule has 29 heavy (non-hydrogen) atoms. The van der Waals surface area contributed by atoms with Crippen molar-refractivity contribution in [1.29, 1.82) is 0 Å². The van der Waals surface area contributed by atoms with E-state index in [0.717, 1.165) is 0 Å². The lowest BCUT2D eigenvalue weighted by molar-refractivity contribution is -0.274. The van der Waals surface area contributed by atoms with Crippen molar-refractivity contribution < 1.29 is 26.3 Å². The van der Waals surface area contributed by atoms with Gasteiger partial charge in [0.2, 0.25) is 0 Å². The van der Waals surface area contributed by atoms with E-state index in [1.54, 1.807) is 6.92 Å². The summed E-state index contributed by atoms with van der Waals surface area (Å²) in [7, 11) is -3.59. The van der Waals surface area contributed by atoms with Crippen LogP contribution >= 0.6 is 11.6 Å². The van der Waals surface area contributed by atoms with Crippen molar-refractivity contribution in [1.82, 2.24) is 14.8 Å². The largest absolute Gasteiger partial charge is 0.573 e. The fourth-order valence-corrected chi connectivity index (χ4v) is 3.84. The van der Waals surface area contributed by atoms with Gasteiger partial charge in [-0.05, 0) is 36.8 Å². The highest BCUT2D eigenvalue weighted by Gasteiger charge is 2.31. The predicted octanol–water partition coefficient (Wildman–Crippen LogP) is 4.59. The van der Waals surface area contributed by atoms with Crippen molar-refractivity contribution >= 4 is 21.4 Å². The number of aromatic nitrogens is 3. The predicted molar refractivity (Wildman–Crippen MR) is 101 cm³/mol. The lowest BCUT2D eigenvalue weighted by atomic mass is 10.1. The number of pyridine rings is 1. The van der Waals surface area contributed by atoms with E-state index >= 15 is 0 Å². The Morgan fingerprint density at radius 1 is 1.14 bits per heavy atom. The SMILES string of the molecule is CCS(=O)(=O)c1ccc(Cl)nc1-n1ncc(-c2ccc(OC(F)(F)F)cc2)c1C. The van der Waals surface area contributed by atoms with E-state index in [1.165, 1.54) is 54.2 Å². The molecule has 1 aromatic carbocycles. The Labute approximate surface area is 169 Å². The first-order chi connectivity index (χ1) is 13.5. The fraction of sp³-hybridized carbons (Fsp3) is 0.222. The Morgan fingerprint density at radius 3 is 2.38 bits per heavy atom. The van der Waals surface area contributed by atoms with Crippen LogP contribution in [0.1, 0.15) is 12.6 Å². The van der Waals surface area contributed by atoms with Crippen molar-refractivity contribution in [2.75, 3.05) is 5.75 Å². The molecule has 0 aliphatic rings. The van der Waals surface area contributed by atoms with Crippen LogP contribution in [0.4, 0.5) is 13.2 Å². The maximum absolute atomic E-state index is 12.4. The molecular formula is C18H15ClF3N3O3S. The molecular weight excluding hydrogens is 431 g/mol.